The molecule has 1 unspecified atom stereocenters. The monoisotopic (exact) mass is 244 g/mol. The van der Waals surface area contributed by atoms with E-state index in [9.17, 15) is 0 Å². The Hall–Kier alpha value is -1.54. The van der Waals surface area contributed by atoms with E-state index in [1.165, 1.54) is 22.4 Å². The van der Waals surface area contributed by atoms with E-state index in [0.29, 0.717) is 6.04 Å². The van der Waals surface area contributed by atoms with Gasteiger partial charge < -0.3 is 5.32 Å². The van der Waals surface area contributed by atoms with E-state index in [1.807, 2.05) is 30.6 Å². The number of rotatable bonds is 1. The van der Waals surface area contributed by atoms with Gasteiger partial charge in [-0.25, -0.2) is 0 Å². The summed E-state index contributed by atoms with van der Waals surface area (Å²) in [7, 11) is 0. The van der Waals surface area contributed by atoms with Crippen molar-refractivity contribution in [1.29, 1.82) is 0 Å². The van der Waals surface area contributed by atoms with Crippen LogP contribution in [-0.2, 0) is 6.42 Å². The van der Waals surface area contributed by atoms with Gasteiger partial charge >= 0.3 is 0 Å². The Balaban J connectivity index is 1.98. The first-order chi connectivity index (χ1) is 8.25. The second-order valence-corrected chi connectivity index (χ2v) is 4.81. The summed E-state index contributed by atoms with van der Waals surface area (Å²) >= 11 is 6.24. The molecule has 86 valence electrons. The van der Waals surface area contributed by atoms with Crippen molar-refractivity contribution >= 4 is 17.3 Å². The van der Waals surface area contributed by atoms with Crippen LogP contribution in [0, 0.1) is 6.92 Å². The van der Waals surface area contributed by atoms with Gasteiger partial charge in [-0.05, 0) is 41.8 Å². The number of pyridine rings is 1. The predicted octanol–water partition coefficient (Wildman–Crippen LogP) is 3.75. The van der Waals surface area contributed by atoms with E-state index in [2.05, 4.69) is 23.3 Å². The molecule has 1 aliphatic rings. The highest BCUT2D eigenvalue weighted by Crippen LogP contribution is 2.39. The van der Waals surface area contributed by atoms with E-state index in [4.69, 9.17) is 11.6 Å². The maximum absolute atomic E-state index is 6.24. The number of hydrogen-bond donors (Lipinski definition) is 1. The first-order valence-electron chi connectivity index (χ1n) is 5.70. The van der Waals surface area contributed by atoms with Crippen LogP contribution in [0.1, 0.15) is 22.7 Å². The zero-order chi connectivity index (χ0) is 11.8. The van der Waals surface area contributed by atoms with Crippen molar-refractivity contribution in [2.45, 2.75) is 19.4 Å². The zero-order valence-electron chi connectivity index (χ0n) is 9.57. The number of benzene rings is 1. The maximum atomic E-state index is 6.24. The normalized spacial score (nSPS) is 17.6. The van der Waals surface area contributed by atoms with E-state index in [0.717, 1.165) is 11.4 Å². The van der Waals surface area contributed by atoms with Gasteiger partial charge in [0, 0.05) is 29.5 Å². The molecule has 2 aromatic rings. The molecule has 1 aromatic heterocycles. The molecule has 0 fully saturated rings. The van der Waals surface area contributed by atoms with Gasteiger partial charge in [0.15, 0.2) is 0 Å². The minimum Gasteiger partial charge on any atom is -0.377 e. The van der Waals surface area contributed by atoms with Crippen molar-refractivity contribution < 1.29 is 0 Å². The Morgan fingerprint density at radius 3 is 2.71 bits per heavy atom. The number of anilines is 1. The Morgan fingerprint density at radius 1 is 1.24 bits per heavy atom. The average molecular weight is 245 g/mol. The van der Waals surface area contributed by atoms with Gasteiger partial charge in [-0.1, -0.05) is 17.7 Å². The third kappa shape index (κ3) is 1.79. The van der Waals surface area contributed by atoms with E-state index >= 15 is 0 Å². The van der Waals surface area contributed by atoms with E-state index in [-0.39, 0.29) is 0 Å². The Kier molecular flexibility index (Phi) is 2.52. The van der Waals surface area contributed by atoms with Gasteiger partial charge in [0.2, 0.25) is 0 Å². The standard InChI is InChI=1S/C14H13ClN2/c1-9-2-3-12(15)11-8-13(17-14(9)11)10-4-6-16-7-5-10/h2-7,13,17H,8H2,1H3. The molecule has 3 rings (SSSR count). The second kappa shape index (κ2) is 4.04. The number of nitrogens with zero attached hydrogens (tertiary/aromatic N) is 1. The molecule has 1 aromatic carbocycles. The molecular weight excluding hydrogens is 232 g/mol. The van der Waals surface area contributed by atoms with Crippen LogP contribution in [0.4, 0.5) is 5.69 Å². The Labute approximate surface area is 106 Å². The Morgan fingerprint density at radius 2 is 2.00 bits per heavy atom. The molecule has 2 heterocycles. The molecule has 0 saturated heterocycles. The molecule has 1 N–H and O–H groups in total. The van der Waals surface area contributed by atoms with Gasteiger partial charge in [-0.15, -0.1) is 0 Å². The molecule has 1 atom stereocenters. The third-order valence-corrected chi connectivity index (χ3v) is 3.65. The van der Waals surface area contributed by atoms with Crippen LogP contribution in [0.5, 0.6) is 0 Å². The molecule has 0 spiro atoms. The summed E-state index contributed by atoms with van der Waals surface area (Å²) in [6.07, 6.45) is 4.60. The van der Waals surface area contributed by atoms with Gasteiger partial charge in [0.05, 0.1) is 6.04 Å². The van der Waals surface area contributed by atoms with Crippen LogP contribution < -0.4 is 5.32 Å². The molecule has 1 aliphatic heterocycles. The number of aryl methyl sites for hydroxylation is 1. The van der Waals surface area contributed by atoms with Gasteiger partial charge in [-0.3, -0.25) is 4.98 Å². The Bertz CT molecular complexity index is 521. The predicted molar refractivity (Wildman–Crippen MR) is 70.5 cm³/mol. The summed E-state index contributed by atoms with van der Waals surface area (Å²) in [6, 6.07) is 8.45. The highest BCUT2D eigenvalue weighted by atomic mass is 35.5. The number of aromatic nitrogens is 1. The highest BCUT2D eigenvalue weighted by Gasteiger charge is 2.25. The summed E-state index contributed by atoms with van der Waals surface area (Å²) in [4.78, 5) is 4.05. The van der Waals surface area contributed by atoms with Crippen LogP contribution in [0.15, 0.2) is 36.7 Å². The molecule has 0 amide bonds. The van der Waals surface area contributed by atoms with Crippen LogP contribution >= 0.6 is 11.6 Å². The van der Waals surface area contributed by atoms with Crippen LogP contribution in [0.3, 0.4) is 0 Å². The average Bonchev–Trinajstić information content (AvgIpc) is 2.81. The van der Waals surface area contributed by atoms with Gasteiger partial charge in [0.1, 0.15) is 0 Å². The number of hydrogen-bond acceptors (Lipinski definition) is 2. The molecule has 0 saturated carbocycles. The first-order valence-corrected chi connectivity index (χ1v) is 6.08. The highest BCUT2D eigenvalue weighted by molar-refractivity contribution is 6.31. The lowest BCUT2D eigenvalue weighted by Gasteiger charge is -2.11. The number of halogens is 1. The third-order valence-electron chi connectivity index (χ3n) is 3.30. The van der Waals surface area contributed by atoms with Crippen molar-refractivity contribution in [3.8, 4) is 0 Å². The second-order valence-electron chi connectivity index (χ2n) is 4.40. The summed E-state index contributed by atoms with van der Waals surface area (Å²) in [5.41, 5.74) is 4.93. The van der Waals surface area contributed by atoms with Gasteiger partial charge in [-0.2, -0.15) is 0 Å². The lowest BCUT2D eigenvalue weighted by Crippen LogP contribution is -2.05. The molecule has 3 heteroatoms. The molecular formula is C14H13ClN2. The minimum atomic E-state index is 0.312. The molecule has 2 nitrogen and oxygen atoms in total. The van der Waals surface area contributed by atoms with Crippen LogP contribution in [0.25, 0.3) is 0 Å². The summed E-state index contributed by atoms with van der Waals surface area (Å²) in [6.45, 7) is 2.11. The van der Waals surface area contributed by atoms with E-state index < -0.39 is 0 Å². The van der Waals surface area contributed by atoms with Crippen molar-refractivity contribution in [3.63, 3.8) is 0 Å². The van der Waals surface area contributed by atoms with Gasteiger partial charge in [0.25, 0.3) is 0 Å². The molecule has 0 radical (unpaired) electrons. The number of fused-ring (bicyclic) bond motifs is 1. The van der Waals surface area contributed by atoms with Crippen molar-refractivity contribution in [3.05, 3.63) is 58.4 Å². The molecule has 17 heavy (non-hydrogen) atoms. The quantitative estimate of drug-likeness (QED) is 0.826. The van der Waals surface area contributed by atoms with Crippen molar-refractivity contribution in [1.82, 2.24) is 4.98 Å². The summed E-state index contributed by atoms with van der Waals surface area (Å²) < 4.78 is 0. The SMILES string of the molecule is Cc1ccc(Cl)c2c1NC(c1ccncc1)C2. The first kappa shape index (κ1) is 10.6. The fraction of sp³-hybridized carbons (Fsp3) is 0.214. The van der Waals surface area contributed by atoms with E-state index in [1.54, 1.807) is 0 Å². The van der Waals surface area contributed by atoms with Crippen molar-refractivity contribution in [2.75, 3.05) is 5.32 Å². The van der Waals surface area contributed by atoms with Crippen LogP contribution in [0.2, 0.25) is 5.02 Å². The maximum Gasteiger partial charge on any atom is 0.0556 e. The zero-order valence-corrected chi connectivity index (χ0v) is 10.3. The fourth-order valence-electron chi connectivity index (χ4n) is 2.37. The topological polar surface area (TPSA) is 24.9 Å². The lowest BCUT2D eigenvalue weighted by molar-refractivity contribution is 0.821. The summed E-state index contributed by atoms with van der Waals surface area (Å²) in [5.74, 6) is 0. The summed E-state index contributed by atoms with van der Waals surface area (Å²) in [5, 5.41) is 4.40. The minimum absolute atomic E-state index is 0.312. The largest absolute Gasteiger partial charge is 0.377 e. The van der Waals surface area contributed by atoms with Crippen molar-refractivity contribution in [2.24, 2.45) is 0 Å². The number of nitrogens with one attached hydrogen (secondary N) is 1. The van der Waals surface area contributed by atoms with Crippen LogP contribution in [-0.4, -0.2) is 4.98 Å². The molecule has 0 bridgehead atoms. The lowest BCUT2D eigenvalue weighted by atomic mass is 10.0. The smallest absolute Gasteiger partial charge is 0.0556 e. The fourth-order valence-corrected chi connectivity index (χ4v) is 2.60. The molecule has 0 aliphatic carbocycles.